The fourth-order valence-electron chi connectivity index (χ4n) is 1.32. The molecule has 0 aliphatic carbocycles. The van der Waals surface area contributed by atoms with Crippen LogP contribution in [0.2, 0.25) is 0 Å². The van der Waals surface area contributed by atoms with E-state index in [1.807, 2.05) is 25.1 Å². The summed E-state index contributed by atoms with van der Waals surface area (Å²) >= 11 is 0. The Morgan fingerprint density at radius 1 is 1.29 bits per heavy atom. The molecule has 0 aliphatic rings. The van der Waals surface area contributed by atoms with E-state index in [4.69, 9.17) is 4.74 Å². The highest BCUT2D eigenvalue weighted by atomic mass is 16.5. The minimum atomic E-state index is -0.338. The van der Waals surface area contributed by atoms with Gasteiger partial charge >= 0.3 is 0 Å². The zero-order chi connectivity index (χ0) is 10.2. The highest BCUT2D eigenvalue weighted by molar-refractivity contribution is 5.14. The molecule has 78 valence electrons. The Balaban J connectivity index is 2.20. The Bertz CT molecular complexity index is 233. The first-order chi connectivity index (χ1) is 6.83. The van der Waals surface area contributed by atoms with Crippen LogP contribution in [0.5, 0.6) is 0 Å². The van der Waals surface area contributed by atoms with Gasteiger partial charge in [0.25, 0.3) is 0 Å². The normalized spacial score (nSPS) is 12.7. The maximum Gasteiger partial charge on any atom is 0.0776 e. The van der Waals surface area contributed by atoms with Crippen molar-refractivity contribution in [3.63, 3.8) is 0 Å². The van der Waals surface area contributed by atoms with Crippen LogP contribution in [-0.2, 0) is 11.2 Å². The van der Waals surface area contributed by atoms with Gasteiger partial charge < -0.3 is 9.84 Å². The third-order valence-corrected chi connectivity index (χ3v) is 2.12. The number of aliphatic hydroxyl groups excluding tert-OH is 1. The number of hydrogen-bond donors (Lipinski definition) is 1. The lowest BCUT2D eigenvalue weighted by atomic mass is 10.1. The van der Waals surface area contributed by atoms with Crippen LogP contribution in [0.15, 0.2) is 30.3 Å². The van der Waals surface area contributed by atoms with Crippen LogP contribution >= 0.6 is 0 Å². The van der Waals surface area contributed by atoms with E-state index in [9.17, 15) is 5.11 Å². The van der Waals surface area contributed by atoms with E-state index in [1.165, 1.54) is 5.56 Å². The van der Waals surface area contributed by atoms with Crippen molar-refractivity contribution in [3.05, 3.63) is 35.9 Å². The number of hydrogen-bond acceptors (Lipinski definition) is 2. The fourth-order valence-corrected chi connectivity index (χ4v) is 1.32. The van der Waals surface area contributed by atoms with E-state index in [1.54, 1.807) is 0 Å². The smallest absolute Gasteiger partial charge is 0.0776 e. The Morgan fingerprint density at radius 3 is 2.64 bits per heavy atom. The second-order valence-electron chi connectivity index (χ2n) is 3.34. The average molecular weight is 194 g/mol. The number of benzene rings is 1. The molecule has 1 atom stereocenters. The summed E-state index contributed by atoms with van der Waals surface area (Å²) in [4.78, 5) is 0. The van der Waals surface area contributed by atoms with Gasteiger partial charge in [-0.25, -0.2) is 0 Å². The van der Waals surface area contributed by atoms with Crippen molar-refractivity contribution in [1.29, 1.82) is 0 Å². The summed E-state index contributed by atoms with van der Waals surface area (Å²) in [7, 11) is 0. The van der Waals surface area contributed by atoms with Crippen LogP contribution in [0.4, 0.5) is 0 Å². The topological polar surface area (TPSA) is 29.5 Å². The van der Waals surface area contributed by atoms with Gasteiger partial charge in [-0.05, 0) is 25.3 Å². The predicted molar refractivity (Wildman–Crippen MR) is 57.3 cm³/mol. The first kappa shape index (κ1) is 11.2. The molecule has 1 aromatic carbocycles. The number of aryl methyl sites for hydroxylation is 1. The first-order valence-electron chi connectivity index (χ1n) is 5.12. The predicted octanol–water partition coefficient (Wildman–Crippen LogP) is 2.02. The molecule has 2 nitrogen and oxygen atoms in total. The van der Waals surface area contributed by atoms with Gasteiger partial charge in [-0.2, -0.15) is 0 Å². The minimum absolute atomic E-state index is 0.338. The molecule has 0 fully saturated rings. The maximum absolute atomic E-state index is 9.52. The van der Waals surface area contributed by atoms with Crippen molar-refractivity contribution in [3.8, 4) is 0 Å². The summed E-state index contributed by atoms with van der Waals surface area (Å²) in [6.07, 6.45) is 1.34. The number of ether oxygens (including phenoxy) is 1. The van der Waals surface area contributed by atoms with Gasteiger partial charge in [0.15, 0.2) is 0 Å². The molecule has 1 unspecified atom stereocenters. The Hall–Kier alpha value is -0.860. The van der Waals surface area contributed by atoms with Crippen molar-refractivity contribution in [2.24, 2.45) is 0 Å². The Labute approximate surface area is 85.5 Å². The monoisotopic (exact) mass is 194 g/mol. The van der Waals surface area contributed by atoms with Crippen molar-refractivity contribution in [2.45, 2.75) is 25.9 Å². The number of aliphatic hydroxyl groups is 1. The standard InChI is InChI=1S/C12H18O2/c1-2-14-10-12(13)9-8-11-6-4-3-5-7-11/h3-7,12-13H,2,8-10H2,1H3. The molecular weight excluding hydrogens is 176 g/mol. The summed E-state index contributed by atoms with van der Waals surface area (Å²) in [5.74, 6) is 0. The van der Waals surface area contributed by atoms with Crippen LogP contribution in [0.1, 0.15) is 18.9 Å². The molecule has 14 heavy (non-hydrogen) atoms. The quantitative estimate of drug-likeness (QED) is 0.750. The van der Waals surface area contributed by atoms with Gasteiger partial charge in [0.2, 0.25) is 0 Å². The molecule has 0 spiro atoms. The van der Waals surface area contributed by atoms with E-state index in [-0.39, 0.29) is 6.10 Å². The molecule has 0 aliphatic heterocycles. The second kappa shape index (κ2) is 6.57. The third-order valence-electron chi connectivity index (χ3n) is 2.12. The van der Waals surface area contributed by atoms with Crippen LogP contribution in [-0.4, -0.2) is 24.4 Å². The van der Waals surface area contributed by atoms with Crippen molar-refractivity contribution in [2.75, 3.05) is 13.2 Å². The molecule has 0 radical (unpaired) electrons. The highest BCUT2D eigenvalue weighted by Gasteiger charge is 2.03. The molecule has 0 bridgehead atoms. The second-order valence-corrected chi connectivity index (χ2v) is 3.34. The third kappa shape index (κ3) is 4.40. The molecular formula is C12H18O2. The number of rotatable bonds is 6. The van der Waals surface area contributed by atoms with Crippen LogP contribution < -0.4 is 0 Å². The van der Waals surface area contributed by atoms with Crippen LogP contribution in [0.3, 0.4) is 0 Å². The largest absolute Gasteiger partial charge is 0.391 e. The van der Waals surface area contributed by atoms with Gasteiger partial charge in [-0.3, -0.25) is 0 Å². The molecule has 0 saturated heterocycles. The first-order valence-corrected chi connectivity index (χ1v) is 5.12. The van der Waals surface area contributed by atoms with Crippen molar-refractivity contribution < 1.29 is 9.84 Å². The van der Waals surface area contributed by atoms with Crippen molar-refractivity contribution in [1.82, 2.24) is 0 Å². The zero-order valence-electron chi connectivity index (χ0n) is 8.65. The SMILES string of the molecule is CCOCC(O)CCc1ccccc1. The van der Waals surface area contributed by atoms with E-state index in [0.717, 1.165) is 12.8 Å². The van der Waals surface area contributed by atoms with E-state index in [0.29, 0.717) is 13.2 Å². The van der Waals surface area contributed by atoms with Gasteiger partial charge in [0.1, 0.15) is 0 Å². The van der Waals surface area contributed by atoms with Gasteiger partial charge in [0, 0.05) is 6.61 Å². The minimum Gasteiger partial charge on any atom is -0.391 e. The Kier molecular flexibility index (Phi) is 5.27. The van der Waals surface area contributed by atoms with Gasteiger partial charge in [-0.15, -0.1) is 0 Å². The van der Waals surface area contributed by atoms with E-state index < -0.39 is 0 Å². The Morgan fingerprint density at radius 2 is 2.00 bits per heavy atom. The van der Waals surface area contributed by atoms with Crippen LogP contribution in [0.25, 0.3) is 0 Å². The summed E-state index contributed by atoms with van der Waals surface area (Å²) in [5.41, 5.74) is 1.27. The van der Waals surface area contributed by atoms with Gasteiger partial charge in [-0.1, -0.05) is 30.3 Å². The summed E-state index contributed by atoms with van der Waals surface area (Å²) < 4.78 is 5.13. The average Bonchev–Trinajstić information content (AvgIpc) is 2.25. The lowest BCUT2D eigenvalue weighted by molar-refractivity contribution is 0.0384. The molecule has 2 heteroatoms. The molecule has 0 heterocycles. The lowest BCUT2D eigenvalue weighted by Gasteiger charge is -2.09. The van der Waals surface area contributed by atoms with E-state index in [2.05, 4.69) is 12.1 Å². The van der Waals surface area contributed by atoms with Gasteiger partial charge in [0.05, 0.1) is 12.7 Å². The highest BCUT2D eigenvalue weighted by Crippen LogP contribution is 2.05. The zero-order valence-corrected chi connectivity index (χ0v) is 8.65. The molecule has 1 aromatic rings. The fraction of sp³-hybridized carbons (Fsp3) is 0.500. The summed E-state index contributed by atoms with van der Waals surface area (Å²) in [5, 5.41) is 9.52. The lowest BCUT2D eigenvalue weighted by Crippen LogP contribution is -2.15. The molecule has 0 amide bonds. The molecule has 0 aromatic heterocycles. The maximum atomic E-state index is 9.52. The van der Waals surface area contributed by atoms with Crippen LogP contribution in [0, 0.1) is 0 Å². The summed E-state index contributed by atoms with van der Waals surface area (Å²) in [6.45, 7) is 3.05. The van der Waals surface area contributed by atoms with E-state index >= 15 is 0 Å². The van der Waals surface area contributed by atoms with Crippen molar-refractivity contribution >= 4 is 0 Å². The molecule has 0 saturated carbocycles. The molecule has 1 rings (SSSR count). The molecule has 1 N–H and O–H groups in total. The summed E-state index contributed by atoms with van der Waals surface area (Å²) in [6, 6.07) is 10.2.